The van der Waals surface area contributed by atoms with Crippen LogP contribution in [0.3, 0.4) is 0 Å². The predicted molar refractivity (Wildman–Crippen MR) is 84.4 cm³/mol. The quantitative estimate of drug-likeness (QED) is 0.886. The summed E-state index contributed by atoms with van der Waals surface area (Å²) in [5.74, 6) is 0.489. The van der Waals surface area contributed by atoms with Crippen molar-refractivity contribution < 1.29 is 4.39 Å². The Morgan fingerprint density at radius 2 is 1.73 bits per heavy atom. The maximum atomic E-state index is 13.0. The fourth-order valence-electron chi connectivity index (χ4n) is 2.70. The summed E-state index contributed by atoms with van der Waals surface area (Å²) in [5, 5.41) is 3.30. The molecule has 22 heavy (non-hydrogen) atoms. The number of nitrogens with two attached hydrogens (primary N) is 1. The van der Waals surface area contributed by atoms with Crippen molar-refractivity contribution in [3.8, 4) is 0 Å². The van der Waals surface area contributed by atoms with Gasteiger partial charge in [-0.15, -0.1) is 0 Å². The van der Waals surface area contributed by atoms with Crippen molar-refractivity contribution in [2.24, 2.45) is 5.73 Å². The van der Waals surface area contributed by atoms with Crippen molar-refractivity contribution in [3.05, 3.63) is 53.6 Å². The summed E-state index contributed by atoms with van der Waals surface area (Å²) < 4.78 is 13.0. The van der Waals surface area contributed by atoms with Gasteiger partial charge in [-0.3, -0.25) is 0 Å². The second kappa shape index (κ2) is 6.81. The van der Waals surface area contributed by atoms with E-state index in [2.05, 4.69) is 20.2 Å². The number of hydrogen-bond donors (Lipinski definition) is 2. The molecule has 6 heteroatoms. The third kappa shape index (κ3) is 3.23. The van der Waals surface area contributed by atoms with Crippen LogP contribution in [0, 0.1) is 5.82 Å². The molecule has 3 N–H and O–H groups in total. The Balaban J connectivity index is 1.79. The van der Waals surface area contributed by atoms with Gasteiger partial charge in [0.05, 0.1) is 0 Å². The van der Waals surface area contributed by atoms with Crippen LogP contribution < -0.4 is 16.0 Å². The molecule has 1 saturated heterocycles. The second-order valence-electron chi connectivity index (χ2n) is 5.39. The molecular formula is C16H20FN5. The molecule has 0 bridgehead atoms. The number of anilines is 1. The Labute approximate surface area is 129 Å². The third-order valence-electron chi connectivity index (χ3n) is 3.97. The smallest absolute Gasteiger partial charge is 0.225 e. The van der Waals surface area contributed by atoms with Crippen LogP contribution in [0.5, 0.6) is 0 Å². The SMILES string of the molecule is NCC(c1ccc(F)cc1)c1cnc(N2CCNCC2)nc1. The second-order valence-corrected chi connectivity index (χ2v) is 5.39. The van der Waals surface area contributed by atoms with Gasteiger partial charge in [0.25, 0.3) is 0 Å². The van der Waals surface area contributed by atoms with Gasteiger partial charge in [-0.2, -0.15) is 0 Å². The van der Waals surface area contributed by atoms with Gasteiger partial charge in [-0.25, -0.2) is 14.4 Å². The highest BCUT2D eigenvalue weighted by atomic mass is 19.1. The van der Waals surface area contributed by atoms with E-state index in [-0.39, 0.29) is 11.7 Å². The monoisotopic (exact) mass is 301 g/mol. The van der Waals surface area contributed by atoms with Crippen molar-refractivity contribution in [1.82, 2.24) is 15.3 Å². The number of nitrogens with zero attached hydrogens (tertiary/aromatic N) is 3. The first kappa shape index (κ1) is 14.9. The summed E-state index contributed by atoms with van der Waals surface area (Å²) in [6.45, 7) is 4.16. The van der Waals surface area contributed by atoms with E-state index < -0.39 is 0 Å². The number of halogens is 1. The van der Waals surface area contributed by atoms with Crippen molar-refractivity contribution in [1.29, 1.82) is 0 Å². The topological polar surface area (TPSA) is 67.1 Å². The first-order valence-electron chi connectivity index (χ1n) is 7.51. The van der Waals surface area contributed by atoms with E-state index in [0.29, 0.717) is 6.54 Å². The van der Waals surface area contributed by atoms with Crippen LogP contribution in [0.25, 0.3) is 0 Å². The third-order valence-corrected chi connectivity index (χ3v) is 3.97. The molecule has 5 nitrogen and oxygen atoms in total. The minimum atomic E-state index is -0.246. The number of benzene rings is 1. The van der Waals surface area contributed by atoms with Crippen LogP contribution in [0.4, 0.5) is 10.3 Å². The molecule has 1 fully saturated rings. The summed E-state index contributed by atoms with van der Waals surface area (Å²) in [5.41, 5.74) is 7.81. The Morgan fingerprint density at radius 1 is 1.09 bits per heavy atom. The molecule has 2 heterocycles. The average molecular weight is 301 g/mol. The van der Waals surface area contributed by atoms with Gasteiger partial charge in [-0.05, 0) is 23.3 Å². The maximum absolute atomic E-state index is 13.0. The van der Waals surface area contributed by atoms with Gasteiger partial charge >= 0.3 is 0 Å². The van der Waals surface area contributed by atoms with Crippen molar-refractivity contribution >= 4 is 5.95 Å². The molecule has 0 amide bonds. The molecule has 1 atom stereocenters. The molecule has 2 aromatic rings. The molecule has 3 rings (SSSR count). The number of nitrogens with one attached hydrogen (secondary N) is 1. The Bertz CT molecular complexity index is 593. The molecule has 0 saturated carbocycles. The van der Waals surface area contributed by atoms with Crippen LogP contribution >= 0.6 is 0 Å². The number of piperazine rings is 1. The minimum Gasteiger partial charge on any atom is -0.338 e. The van der Waals surface area contributed by atoms with Gasteiger partial charge in [0.15, 0.2) is 0 Å². The highest BCUT2D eigenvalue weighted by Crippen LogP contribution is 2.23. The average Bonchev–Trinajstić information content (AvgIpc) is 2.59. The Hall–Kier alpha value is -2.05. The summed E-state index contributed by atoms with van der Waals surface area (Å²) >= 11 is 0. The predicted octanol–water partition coefficient (Wildman–Crippen LogP) is 1.12. The zero-order chi connectivity index (χ0) is 15.4. The van der Waals surface area contributed by atoms with E-state index in [1.54, 1.807) is 12.1 Å². The molecule has 0 spiro atoms. The van der Waals surface area contributed by atoms with E-state index >= 15 is 0 Å². The van der Waals surface area contributed by atoms with E-state index in [0.717, 1.165) is 43.3 Å². The van der Waals surface area contributed by atoms with Crippen LogP contribution in [-0.2, 0) is 0 Å². The minimum absolute atomic E-state index is 0.0160. The van der Waals surface area contributed by atoms with Crippen molar-refractivity contribution in [3.63, 3.8) is 0 Å². The van der Waals surface area contributed by atoms with Crippen LogP contribution in [0.15, 0.2) is 36.7 Å². The fourth-order valence-corrected chi connectivity index (χ4v) is 2.70. The van der Waals surface area contributed by atoms with Crippen LogP contribution in [0.2, 0.25) is 0 Å². The first-order valence-corrected chi connectivity index (χ1v) is 7.51. The number of rotatable bonds is 4. The normalized spacial score (nSPS) is 16.5. The van der Waals surface area contributed by atoms with Gasteiger partial charge in [0.2, 0.25) is 5.95 Å². The molecule has 1 aromatic carbocycles. The molecule has 0 aliphatic carbocycles. The van der Waals surface area contributed by atoms with Crippen LogP contribution in [0.1, 0.15) is 17.0 Å². The van der Waals surface area contributed by atoms with E-state index in [1.807, 2.05) is 12.4 Å². The fraction of sp³-hybridized carbons (Fsp3) is 0.375. The Morgan fingerprint density at radius 3 is 2.32 bits per heavy atom. The summed E-state index contributed by atoms with van der Waals surface area (Å²) in [7, 11) is 0. The van der Waals surface area contributed by atoms with E-state index in [1.165, 1.54) is 12.1 Å². The summed E-state index contributed by atoms with van der Waals surface area (Å²) in [6.07, 6.45) is 3.65. The van der Waals surface area contributed by atoms with Crippen molar-refractivity contribution in [2.75, 3.05) is 37.6 Å². The van der Waals surface area contributed by atoms with Gasteiger partial charge < -0.3 is 16.0 Å². The van der Waals surface area contributed by atoms with Gasteiger partial charge in [0.1, 0.15) is 5.82 Å². The lowest BCUT2D eigenvalue weighted by molar-refractivity contribution is 0.579. The molecule has 1 aromatic heterocycles. The van der Waals surface area contributed by atoms with E-state index in [4.69, 9.17) is 5.73 Å². The number of aromatic nitrogens is 2. The van der Waals surface area contributed by atoms with E-state index in [9.17, 15) is 4.39 Å². The molecule has 116 valence electrons. The first-order chi connectivity index (χ1) is 10.8. The Kier molecular flexibility index (Phi) is 4.60. The van der Waals surface area contributed by atoms with Gasteiger partial charge in [0, 0.05) is 51.0 Å². The lowest BCUT2D eigenvalue weighted by atomic mass is 9.93. The molecule has 1 unspecified atom stereocenters. The summed E-state index contributed by atoms with van der Waals surface area (Å²) in [4.78, 5) is 11.1. The maximum Gasteiger partial charge on any atom is 0.225 e. The van der Waals surface area contributed by atoms with Crippen LogP contribution in [-0.4, -0.2) is 42.7 Å². The lowest BCUT2D eigenvalue weighted by Crippen LogP contribution is -2.44. The zero-order valence-corrected chi connectivity index (χ0v) is 12.4. The highest BCUT2D eigenvalue weighted by molar-refractivity contribution is 5.35. The standard InChI is InChI=1S/C16H20FN5/c17-14-3-1-12(2-4-14)15(9-18)13-10-20-16(21-11-13)22-7-5-19-6-8-22/h1-4,10-11,15,19H,5-9,18H2. The molecule has 1 aliphatic rings. The molecular weight excluding hydrogens is 281 g/mol. The van der Waals surface area contributed by atoms with Gasteiger partial charge in [-0.1, -0.05) is 12.1 Å². The molecule has 1 aliphatic heterocycles. The molecule has 0 radical (unpaired) electrons. The summed E-state index contributed by atoms with van der Waals surface area (Å²) in [6, 6.07) is 6.43. The van der Waals surface area contributed by atoms with Crippen molar-refractivity contribution in [2.45, 2.75) is 5.92 Å². The largest absolute Gasteiger partial charge is 0.338 e. The lowest BCUT2D eigenvalue weighted by Gasteiger charge is -2.27. The highest BCUT2D eigenvalue weighted by Gasteiger charge is 2.16. The number of hydrogen-bond acceptors (Lipinski definition) is 5. The zero-order valence-electron chi connectivity index (χ0n) is 12.4.